The lowest BCUT2D eigenvalue weighted by Gasteiger charge is -2.46. The first-order chi connectivity index (χ1) is 16.7. The van der Waals surface area contributed by atoms with Crippen molar-refractivity contribution in [1.29, 1.82) is 0 Å². The van der Waals surface area contributed by atoms with E-state index >= 15 is 0 Å². The van der Waals surface area contributed by atoms with Crippen LogP contribution in [0.4, 0.5) is 26.3 Å². The average Bonchev–Trinajstić information content (AvgIpc) is 3.05. The van der Waals surface area contributed by atoms with E-state index in [9.17, 15) is 26.3 Å². The molecule has 37 heavy (non-hydrogen) atoms. The van der Waals surface area contributed by atoms with E-state index in [1.165, 1.54) is 56.2 Å². The molecule has 8 nitrogen and oxygen atoms in total. The maximum Gasteiger partial charge on any atom is 0.490 e. The molecule has 3 rings (SSSR count). The number of likely N-dealkylation sites (tertiary alicyclic amines) is 1. The Bertz CT molecular complexity index is 896. The molecule has 1 spiro atoms. The lowest BCUT2D eigenvalue weighted by atomic mass is 9.72. The molecule has 0 atom stereocenters. The number of hydrogen-bond acceptors (Lipinski definition) is 5. The van der Waals surface area contributed by atoms with Crippen molar-refractivity contribution in [3.8, 4) is 0 Å². The summed E-state index contributed by atoms with van der Waals surface area (Å²) in [5.41, 5.74) is 3.18. The Labute approximate surface area is 212 Å². The molecule has 1 fully saturated rings. The predicted octanol–water partition coefficient (Wildman–Crippen LogP) is 4.47. The Morgan fingerprint density at radius 1 is 0.973 bits per heavy atom. The summed E-state index contributed by atoms with van der Waals surface area (Å²) in [4.78, 5) is 28.0. The Morgan fingerprint density at radius 3 is 1.76 bits per heavy atom. The van der Waals surface area contributed by atoms with Gasteiger partial charge in [0, 0.05) is 31.1 Å². The first-order valence-electron chi connectivity index (χ1n) is 11.8. The highest BCUT2D eigenvalue weighted by atomic mass is 19.4. The standard InChI is InChI=1S/C19H34N4.2C2HF3O2/c1-14(2)11-22-9-7-19(8-10-22)13-21(6)12-17-18(19)20-16(5)23(17)15(3)4;2*3-2(4,5)1(6)7/h14-15H,7-13H2,1-6H3;2*(H,6,7). The summed E-state index contributed by atoms with van der Waals surface area (Å²) in [6.45, 7) is 17.3. The number of carboxylic acids is 2. The minimum atomic E-state index is -5.08. The van der Waals surface area contributed by atoms with Crippen molar-refractivity contribution in [3.05, 3.63) is 17.2 Å². The number of halogens is 6. The van der Waals surface area contributed by atoms with Crippen LogP contribution in [-0.4, -0.2) is 87.1 Å². The van der Waals surface area contributed by atoms with E-state index in [0.29, 0.717) is 6.04 Å². The number of aliphatic carboxylic acids is 2. The summed E-state index contributed by atoms with van der Waals surface area (Å²) in [6, 6.07) is 0.496. The SMILES string of the molecule is Cc1nc2c(n1C(C)C)CN(C)CC21CCN(CC(C)C)CC1.O=C(O)C(F)(F)F.O=C(O)C(F)(F)F. The van der Waals surface area contributed by atoms with E-state index in [0.717, 1.165) is 12.5 Å². The van der Waals surface area contributed by atoms with Crippen LogP contribution in [0.2, 0.25) is 0 Å². The van der Waals surface area contributed by atoms with Gasteiger partial charge in [0.05, 0.1) is 11.4 Å². The molecule has 2 N–H and O–H groups in total. The number of piperidine rings is 1. The molecular formula is C23H36F6N4O4. The zero-order valence-corrected chi connectivity index (χ0v) is 21.9. The highest BCUT2D eigenvalue weighted by Crippen LogP contribution is 2.42. The molecule has 0 radical (unpaired) electrons. The normalized spacial score (nSPS) is 18.1. The number of aryl methyl sites for hydroxylation is 1. The number of carboxylic acid groups (broad SMARTS) is 2. The van der Waals surface area contributed by atoms with Crippen LogP contribution in [0.5, 0.6) is 0 Å². The van der Waals surface area contributed by atoms with Crippen LogP contribution in [0.3, 0.4) is 0 Å². The van der Waals surface area contributed by atoms with E-state index in [1.807, 2.05) is 0 Å². The van der Waals surface area contributed by atoms with Gasteiger partial charge < -0.3 is 19.7 Å². The van der Waals surface area contributed by atoms with Crippen molar-refractivity contribution < 1.29 is 46.1 Å². The van der Waals surface area contributed by atoms with Gasteiger partial charge in [0.1, 0.15) is 5.82 Å². The maximum atomic E-state index is 10.6. The van der Waals surface area contributed by atoms with Gasteiger partial charge in [-0.25, -0.2) is 14.6 Å². The van der Waals surface area contributed by atoms with Gasteiger partial charge in [-0.2, -0.15) is 26.3 Å². The molecule has 0 unspecified atom stereocenters. The summed E-state index contributed by atoms with van der Waals surface area (Å²) in [6.07, 6.45) is -7.66. The van der Waals surface area contributed by atoms with Gasteiger partial charge in [-0.3, -0.25) is 4.90 Å². The van der Waals surface area contributed by atoms with E-state index in [2.05, 4.69) is 56.0 Å². The molecule has 3 heterocycles. The Kier molecular flexibility index (Phi) is 11.0. The van der Waals surface area contributed by atoms with Crippen molar-refractivity contribution in [3.63, 3.8) is 0 Å². The molecule has 0 aromatic carbocycles. The monoisotopic (exact) mass is 546 g/mol. The molecule has 2 aliphatic heterocycles. The summed E-state index contributed by atoms with van der Waals surface area (Å²) in [5, 5.41) is 14.2. The molecule has 2 aliphatic rings. The molecule has 1 saturated heterocycles. The highest BCUT2D eigenvalue weighted by molar-refractivity contribution is 5.73. The summed E-state index contributed by atoms with van der Waals surface area (Å²) >= 11 is 0. The fourth-order valence-corrected chi connectivity index (χ4v) is 4.83. The van der Waals surface area contributed by atoms with E-state index in [4.69, 9.17) is 24.8 Å². The van der Waals surface area contributed by atoms with Crippen molar-refractivity contribution in [2.45, 2.75) is 77.8 Å². The second kappa shape index (κ2) is 12.5. The lowest BCUT2D eigenvalue weighted by molar-refractivity contribution is -0.193. The number of hydrogen-bond donors (Lipinski definition) is 2. The number of aromatic nitrogens is 2. The number of nitrogens with zero attached hydrogens (tertiary/aromatic N) is 4. The van der Waals surface area contributed by atoms with Gasteiger partial charge in [0.15, 0.2) is 0 Å². The molecule has 214 valence electrons. The lowest BCUT2D eigenvalue weighted by Crippen LogP contribution is -2.51. The quantitative estimate of drug-likeness (QED) is 0.540. The summed E-state index contributed by atoms with van der Waals surface area (Å²) < 4.78 is 65.9. The molecule has 0 aliphatic carbocycles. The average molecular weight is 547 g/mol. The van der Waals surface area contributed by atoms with Crippen LogP contribution in [0, 0.1) is 12.8 Å². The minimum Gasteiger partial charge on any atom is -0.475 e. The number of fused-ring (bicyclic) bond motifs is 2. The highest BCUT2D eigenvalue weighted by Gasteiger charge is 2.44. The second-order valence-electron chi connectivity index (χ2n) is 10.2. The maximum absolute atomic E-state index is 10.6. The third kappa shape index (κ3) is 9.16. The smallest absolute Gasteiger partial charge is 0.475 e. The molecule has 0 amide bonds. The Morgan fingerprint density at radius 2 is 1.41 bits per heavy atom. The van der Waals surface area contributed by atoms with Gasteiger partial charge >= 0.3 is 24.3 Å². The topological polar surface area (TPSA) is 98.9 Å². The predicted molar refractivity (Wildman–Crippen MR) is 123 cm³/mol. The Balaban J connectivity index is 0.000000404. The molecule has 1 aromatic rings. The minimum absolute atomic E-state index is 0.278. The van der Waals surface area contributed by atoms with Crippen LogP contribution >= 0.6 is 0 Å². The molecule has 1 aromatic heterocycles. The molecule has 0 saturated carbocycles. The number of rotatable bonds is 3. The molecule has 0 bridgehead atoms. The van der Waals surface area contributed by atoms with Crippen molar-refractivity contribution >= 4 is 11.9 Å². The van der Waals surface area contributed by atoms with E-state index < -0.39 is 24.3 Å². The van der Waals surface area contributed by atoms with Gasteiger partial charge in [-0.05, 0) is 59.7 Å². The fourth-order valence-electron chi connectivity index (χ4n) is 4.83. The number of carbonyl (C=O) groups is 2. The Hall–Kier alpha value is -2.35. The second-order valence-corrected chi connectivity index (χ2v) is 10.2. The van der Waals surface area contributed by atoms with Gasteiger partial charge in [0.25, 0.3) is 0 Å². The van der Waals surface area contributed by atoms with Gasteiger partial charge in [-0.15, -0.1) is 0 Å². The summed E-state index contributed by atoms with van der Waals surface area (Å²) in [7, 11) is 2.28. The number of likely N-dealkylation sites (N-methyl/N-ethyl adjacent to an activating group) is 1. The third-order valence-corrected chi connectivity index (χ3v) is 6.12. The first-order valence-corrected chi connectivity index (χ1v) is 11.8. The van der Waals surface area contributed by atoms with Crippen LogP contribution in [0.25, 0.3) is 0 Å². The molecular weight excluding hydrogens is 510 g/mol. The largest absolute Gasteiger partial charge is 0.490 e. The van der Waals surface area contributed by atoms with Crippen molar-refractivity contribution in [2.24, 2.45) is 5.92 Å². The fraction of sp³-hybridized carbons (Fsp3) is 0.783. The first kappa shape index (κ1) is 32.7. The van der Waals surface area contributed by atoms with Crippen LogP contribution < -0.4 is 0 Å². The van der Waals surface area contributed by atoms with Crippen molar-refractivity contribution in [1.82, 2.24) is 19.4 Å². The van der Waals surface area contributed by atoms with Crippen molar-refractivity contribution in [2.75, 3.05) is 33.2 Å². The van der Waals surface area contributed by atoms with E-state index in [1.54, 1.807) is 0 Å². The number of alkyl halides is 6. The summed E-state index contributed by atoms with van der Waals surface area (Å²) in [5.74, 6) is -3.56. The van der Waals surface area contributed by atoms with Crippen LogP contribution in [-0.2, 0) is 21.5 Å². The van der Waals surface area contributed by atoms with Crippen LogP contribution in [0.15, 0.2) is 0 Å². The number of imidazole rings is 1. The van der Waals surface area contributed by atoms with Crippen LogP contribution in [0.1, 0.15) is 63.8 Å². The molecule has 14 heteroatoms. The zero-order valence-electron chi connectivity index (χ0n) is 21.9. The van der Waals surface area contributed by atoms with E-state index in [-0.39, 0.29) is 5.41 Å². The van der Waals surface area contributed by atoms with Gasteiger partial charge in [0.2, 0.25) is 0 Å². The third-order valence-electron chi connectivity index (χ3n) is 6.12. The zero-order chi connectivity index (χ0) is 28.9. The van der Waals surface area contributed by atoms with Gasteiger partial charge in [-0.1, -0.05) is 13.8 Å².